The van der Waals surface area contributed by atoms with Crippen molar-refractivity contribution in [3.63, 3.8) is 0 Å². The number of hydrogen-bond acceptors (Lipinski definition) is 1. The van der Waals surface area contributed by atoms with Gasteiger partial charge in [0.1, 0.15) is 0 Å². The van der Waals surface area contributed by atoms with Crippen LogP contribution in [0.1, 0.15) is 38.3 Å². The summed E-state index contributed by atoms with van der Waals surface area (Å²) in [5.41, 5.74) is 17.1. The van der Waals surface area contributed by atoms with Gasteiger partial charge in [-0.3, -0.25) is 0 Å². The van der Waals surface area contributed by atoms with Crippen LogP contribution in [-0.4, -0.2) is 4.57 Å². The Morgan fingerprint density at radius 2 is 0.862 bits per heavy atom. The lowest BCUT2D eigenvalue weighted by Crippen LogP contribution is -2.10. The number of aryl methyl sites for hydroxylation is 1. The number of rotatable bonds is 11. The minimum Gasteiger partial charge on any atom is -0.311 e. The number of para-hydroxylation sites is 1. The van der Waals surface area contributed by atoms with E-state index in [2.05, 4.69) is 249 Å². The molecule has 0 aliphatic heterocycles. The van der Waals surface area contributed by atoms with Crippen molar-refractivity contribution in [3.8, 4) is 39.1 Å². The van der Waals surface area contributed by atoms with E-state index < -0.39 is 0 Å². The molecule has 0 fully saturated rings. The molecule has 0 radical (unpaired) electrons. The van der Waals surface area contributed by atoms with E-state index >= 15 is 0 Å². The molecule has 0 aliphatic carbocycles. The number of anilines is 3. The highest BCUT2D eigenvalue weighted by Crippen LogP contribution is 2.45. The van der Waals surface area contributed by atoms with Gasteiger partial charge in [0.25, 0.3) is 0 Å². The van der Waals surface area contributed by atoms with Crippen LogP contribution in [-0.2, 0) is 12.8 Å². The Kier molecular flexibility index (Phi) is 10.6. The Morgan fingerprint density at radius 3 is 1.45 bits per heavy atom. The van der Waals surface area contributed by atoms with Crippen molar-refractivity contribution in [2.75, 3.05) is 4.90 Å². The van der Waals surface area contributed by atoms with E-state index in [1.165, 1.54) is 87.9 Å². The molecule has 2 heteroatoms. The van der Waals surface area contributed by atoms with Crippen molar-refractivity contribution in [3.05, 3.63) is 230 Å². The number of hydrogen-bond donors (Lipinski definition) is 0. The maximum atomic E-state index is 2.45. The smallest absolute Gasteiger partial charge is 0.0541 e. The first-order chi connectivity index (χ1) is 32.0. The predicted molar refractivity (Wildman–Crippen MR) is 279 cm³/mol. The van der Waals surface area contributed by atoms with Crippen LogP contribution in [0.5, 0.6) is 0 Å². The van der Waals surface area contributed by atoms with Crippen molar-refractivity contribution in [1.29, 1.82) is 0 Å². The van der Waals surface area contributed by atoms with Gasteiger partial charge in [-0.05, 0) is 164 Å². The largest absolute Gasteiger partial charge is 0.311 e. The first-order valence-electron chi connectivity index (χ1n) is 23.2. The summed E-state index contributed by atoms with van der Waals surface area (Å²) >= 11 is 0. The molecule has 65 heavy (non-hydrogen) atoms. The third kappa shape index (κ3) is 7.45. The number of aromatic nitrogens is 1. The Hall–Kier alpha value is -7.68. The zero-order valence-electron chi connectivity index (χ0n) is 37.4. The Balaban J connectivity index is 0.997. The van der Waals surface area contributed by atoms with E-state index in [0.717, 1.165) is 42.0 Å². The van der Waals surface area contributed by atoms with Crippen molar-refractivity contribution < 1.29 is 0 Å². The SMILES string of the molecule is CCCc1ccc2c(c1)c1cc(CC(C)C)ccc1n2-c1ccc(N(c2ccccc2)c2ccc(-c3ccc4c(-c5ccccc5)c5ccccc5c(-c5ccccc5)c4c3)cc2)cc1. The van der Waals surface area contributed by atoms with Gasteiger partial charge in [-0.2, -0.15) is 0 Å². The van der Waals surface area contributed by atoms with Crippen LogP contribution in [0.15, 0.2) is 218 Å². The molecule has 314 valence electrons. The van der Waals surface area contributed by atoms with Crippen molar-refractivity contribution in [1.82, 2.24) is 4.57 Å². The van der Waals surface area contributed by atoms with Gasteiger partial charge in [-0.25, -0.2) is 0 Å². The molecule has 0 N–H and O–H groups in total. The summed E-state index contributed by atoms with van der Waals surface area (Å²) in [5.74, 6) is 0.606. The summed E-state index contributed by atoms with van der Waals surface area (Å²) in [6.45, 7) is 6.87. The Labute approximate surface area is 382 Å². The van der Waals surface area contributed by atoms with Crippen molar-refractivity contribution >= 4 is 60.4 Å². The van der Waals surface area contributed by atoms with Crippen molar-refractivity contribution in [2.45, 2.75) is 40.0 Å². The zero-order valence-corrected chi connectivity index (χ0v) is 37.4. The van der Waals surface area contributed by atoms with Gasteiger partial charge in [-0.15, -0.1) is 0 Å². The van der Waals surface area contributed by atoms with Crippen LogP contribution >= 0.6 is 0 Å². The summed E-state index contributed by atoms with van der Waals surface area (Å²) in [6.07, 6.45) is 3.30. The Morgan fingerprint density at radius 1 is 0.385 bits per heavy atom. The minimum atomic E-state index is 0.606. The fraction of sp³-hybridized carbons (Fsp3) is 0.111. The molecule has 0 amide bonds. The van der Waals surface area contributed by atoms with Gasteiger partial charge in [0.15, 0.2) is 0 Å². The summed E-state index contributed by atoms with van der Waals surface area (Å²) in [5, 5.41) is 7.70. The van der Waals surface area contributed by atoms with Gasteiger partial charge in [0.05, 0.1) is 11.0 Å². The molecule has 0 unspecified atom stereocenters. The predicted octanol–water partition coefficient (Wildman–Crippen LogP) is 17.7. The average molecular weight is 837 g/mol. The van der Waals surface area contributed by atoms with E-state index in [0.29, 0.717) is 5.92 Å². The molecule has 0 saturated carbocycles. The van der Waals surface area contributed by atoms with Gasteiger partial charge < -0.3 is 9.47 Å². The molecule has 2 nitrogen and oxygen atoms in total. The highest BCUT2D eigenvalue weighted by atomic mass is 15.1. The quantitative estimate of drug-likeness (QED) is 0.118. The molecule has 1 aromatic heterocycles. The average Bonchev–Trinajstić information content (AvgIpc) is 3.67. The summed E-state index contributed by atoms with van der Waals surface area (Å²) < 4.78 is 2.45. The second-order valence-electron chi connectivity index (χ2n) is 17.9. The molecular weight excluding hydrogens is 785 g/mol. The lowest BCUT2D eigenvalue weighted by molar-refractivity contribution is 0.648. The standard InChI is InChI=1S/C63H52N2/c1-4-16-44-25-37-60-57(40-44)58-41-45(39-43(2)3)26-38-61(58)65(60)53-34-32-52(33-35-53)64(50-21-12-7-13-22-50)51-30-27-46(28-31-51)49-29-36-56-59(42-49)63(48-19-10-6-11-20-48)55-24-15-14-23-54(55)62(56)47-17-8-5-9-18-47/h5-15,17-38,40-43H,4,16,39H2,1-3H3. The molecule has 0 saturated heterocycles. The lowest BCUT2D eigenvalue weighted by atomic mass is 9.85. The maximum Gasteiger partial charge on any atom is 0.0541 e. The maximum absolute atomic E-state index is 2.45. The fourth-order valence-corrected chi connectivity index (χ4v) is 10.2. The van der Waals surface area contributed by atoms with Crippen LogP contribution in [0.4, 0.5) is 17.1 Å². The highest BCUT2D eigenvalue weighted by molar-refractivity contribution is 6.22. The van der Waals surface area contributed by atoms with Crippen LogP contribution < -0.4 is 4.90 Å². The summed E-state index contributed by atoms with van der Waals surface area (Å²) in [4.78, 5) is 2.36. The van der Waals surface area contributed by atoms with E-state index in [1.807, 2.05) is 0 Å². The van der Waals surface area contributed by atoms with Crippen LogP contribution in [0.25, 0.3) is 82.4 Å². The van der Waals surface area contributed by atoms with Crippen LogP contribution in [0.2, 0.25) is 0 Å². The number of fused-ring (bicyclic) bond motifs is 5. The minimum absolute atomic E-state index is 0.606. The summed E-state index contributed by atoms with van der Waals surface area (Å²) in [7, 11) is 0. The second kappa shape index (κ2) is 17.1. The molecule has 11 aromatic rings. The normalized spacial score (nSPS) is 11.6. The molecule has 10 aromatic carbocycles. The number of benzene rings is 10. The molecule has 0 bridgehead atoms. The molecule has 0 atom stereocenters. The van der Waals surface area contributed by atoms with Gasteiger partial charge in [-0.1, -0.05) is 167 Å². The van der Waals surface area contributed by atoms with E-state index in [4.69, 9.17) is 0 Å². The van der Waals surface area contributed by atoms with Crippen molar-refractivity contribution in [2.24, 2.45) is 5.92 Å². The molecule has 0 aliphatic rings. The van der Waals surface area contributed by atoms with Crippen LogP contribution in [0.3, 0.4) is 0 Å². The van der Waals surface area contributed by atoms with Gasteiger partial charge in [0, 0.05) is 33.5 Å². The first kappa shape index (κ1) is 40.1. The number of nitrogens with zero attached hydrogens (tertiary/aromatic N) is 2. The third-order valence-electron chi connectivity index (χ3n) is 13.1. The summed E-state index contributed by atoms with van der Waals surface area (Å²) in [6, 6.07) is 80.7. The Bertz CT molecular complexity index is 3460. The zero-order chi connectivity index (χ0) is 43.9. The molecule has 0 spiro atoms. The fourth-order valence-electron chi connectivity index (χ4n) is 10.2. The first-order valence-corrected chi connectivity index (χ1v) is 23.2. The van der Waals surface area contributed by atoms with Gasteiger partial charge >= 0.3 is 0 Å². The topological polar surface area (TPSA) is 8.17 Å². The molecule has 11 rings (SSSR count). The third-order valence-corrected chi connectivity index (χ3v) is 13.1. The molecule has 1 heterocycles. The monoisotopic (exact) mass is 836 g/mol. The lowest BCUT2D eigenvalue weighted by Gasteiger charge is -2.26. The van der Waals surface area contributed by atoms with E-state index in [9.17, 15) is 0 Å². The second-order valence-corrected chi connectivity index (χ2v) is 17.9. The van der Waals surface area contributed by atoms with E-state index in [1.54, 1.807) is 0 Å². The highest BCUT2D eigenvalue weighted by Gasteiger charge is 2.19. The van der Waals surface area contributed by atoms with E-state index in [-0.39, 0.29) is 0 Å². The molecular formula is C63H52N2. The van der Waals surface area contributed by atoms with Crippen LogP contribution in [0, 0.1) is 5.92 Å². The van der Waals surface area contributed by atoms with Gasteiger partial charge in [0.2, 0.25) is 0 Å².